The lowest BCUT2D eigenvalue weighted by Crippen LogP contribution is -2.10. The predicted molar refractivity (Wildman–Crippen MR) is 62.6 cm³/mol. The van der Waals surface area contributed by atoms with Gasteiger partial charge in [0, 0.05) is 25.3 Å². The Labute approximate surface area is 98.0 Å². The number of nitrogens with two attached hydrogens (primary N) is 1. The number of amides is 1. The van der Waals surface area contributed by atoms with Gasteiger partial charge in [0.25, 0.3) is 0 Å². The van der Waals surface area contributed by atoms with E-state index in [9.17, 15) is 4.79 Å². The SMILES string of the molecule is CN(C)c1ccc(-c2nnc(C(N)=O)o2)cc1. The van der Waals surface area contributed by atoms with Crippen LogP contribution in [0, 0.1) is 0 Å². The molecule has 0 spiro atoms. The fraction of sp³-hybridized carbons (Fsp3) is 0.182. The van der Waals surface area contributed by atoms with Crippen LogP contribution in [-0.4, -0.2) is 30.2 Å². The molecule has 2 N–H and O–H groups in total. The van der Waals surface area contributed by atoms with Crippen LogP contribution in [0.5, 0.6) is 0 Å². The Morgan fingerprint density at radius 2 is 1.88 bits per heavy atom. The molecule has 17 heavy (non-hydrogen) atoms. The molecule has 88 valence electrons. The number of benzene rings is 1. The molecule has 0 aliphatic carbocycles. The maximum atomic E-state index is 10.8. The minimum atomic E-state index is -0.728. The molecule has 2 rings (SSSR count). The second-order valence-corrected chi connectivity index (χ2v) is 3.72. The van der Waals surface area contributed by atoms with Crippen LogP contribution in [0.2, 0.25) is 0 Å². The molecule has 1 aromatic carbocycles. The molecule has 2 aromatic rings. The summed E-state index contributed by atoms with van der Waals surface area (Å²) in [6.45, 7) is 0. The Hall–Kier alpha value is -2.37. The van der Waals surface area contributed by atoms with E-state index in [1.54, 1.807) is 0 Å². The quantitative estimate of drug-likeness (QED) is 0.849. The van der Waals surface area contributed by atoms with E-state index in [0.717, 1.165) is 11.3 Å². The van der Waals surface area contributed by atoms with Crippen LogP contribution < -0.4 is 10.6 Å². The van der Waals surface area contributed by atoms with Crippen LogP contribution in [0.4, 0.5) is 5.69 Å². The first-order valence-corrected chi connectivity index (χ1v) is 4.99. The van der Waals surface area contributed by atoms with Crippen molar-refractivity contribution in [2.24, 2.45) is 5.73 Å². The summed E-state index contributed by atoms with van der Waals surface area (Å²) in [5.41, 5.74) is 6.83. The second kappa shape index (κ2) is 4.25. The van der Waals surface area contributed by atoms with Gasteiger partial charge in [0.05, 0.1) is 0 Å². The summed E-state index contributed by atoms with van der Waals surface area (Å²) in [4.78, 5) is 12.8. The summed E-state index contributed by atoms with van der Waals surface area (Å²) in [6.07, 6.45) is 0. The summed E-state index contributed by atoms with van der Waals surface area (Å²) in [6, 6.07) is 7.52. The molecule has 0 saturated heterocycles. The molecular weight excluding hydrogens is 220 g/mol. The summed E-state index contributed by atoms with van der Waals surface area (Å²) in [5.74, 6) is -0.630. The van der Waals surface area contributed by atoms with Gasteiger partial charge in [-0.2, -0.15) is 0 Å². The summed E-state index contributed by atoms with van der Waals surface area (Å²) in [7, 11) is 3.90. The first kappa shape index (κ1) is 11.1. The molecule has 0 atom stereocenters. The van der Waals surface area contributed by atoms with E-state index in [4.69, 9.17) is 10.2 Å². The Balaban J connectivity index is 2.30. The molecule has 0 fully saturated rings. The van der Waals surface area contributed by atoms with Crippen LogP contribution >= 0.6 is 0 Å². The van der Waals surface area contributed by atoms with Gasteiger partial charge in [-0.15, -0.1) is 10.2 Å². The van der Waals surface area contributed by atoms with Crippen molar-refractivity contribution in [3.63, 3.8) is 0 Å². The fourth-order valence-corrected chi connectivity index (χ4v) is 1.34. The van der Waals surface area contributed by atoms with Crippen molar-refractivity contribution in [2.45, 2.75) is 0 Å². The molecule has 6 nitrogen and oxygen atoms in total. The van der Waals surface area contributed by atoms with Gasteiger partial charge in [0.15, 0.2) is 0 Å². The molecule has 0 unspecified atom stereocenters. The van der Waals surface area contributed by atoms with Crippen LogP contribution in [0.25, 0.3) is 11.5 Å². The van der Waals surface area contributed by atoms with Crippen LogP contribution in [0.15, 0.2) is 28.7 Å². The average Bonchev–Trinajstić information content (AvgIpc) is 2.78. The van der Waals surface area contributed by atoms with Gasteiger partial charge in [-0.25, -0.2) is 0 Å². The lowest BCUT2D eigenvalue weighted by molar-refractivity contribution is 0.0968. The third-order valence-electron chi connectivity index (χ3n) is 2.27. The molecule has 0 radical (unpaired) electrons. The van der Waals surface area contributed by atoms with Crippen molar-refractivity contribution < 1.29 is 9.21 Å². The largest absolute Gasteiger partial charge is 0.412 e. The number of aromatic nitrogens is 2. The monoisotopic (exact) mass is 232 g/mol. The fourth-order valence-electron chi connectivity index (χ4n) is 1.34. The number of hydrogen-bond acceptors (Lipinski definition) is 5. The zero-order chi connectivity index (χ0) is 12.4. The van der Waals surface area contributed by atoms with E-state index < -0.39 is 5.91 Å². The Kier molecular flexibility index (Phi) is 2.78. The Morgan fingerprint density at radius 1 is 1.24 bits per heavy atom. The molecule has 1 aromatic heterocycles. The molecule has 0 bridgehead atoms. The van der Waals surface area contributed by atoms with Crippen molar-refractivity contribution in [1.82, 2.24) is 10.2 Å². The van der Waals surface area contributed by atoms with E-state index in [1.807, 2.05) is 43.3 Å². The number of carbonyl (C=O) groups is 1. The molecule has 0 aliphatic heterocycles. The normalized spacial score (nSPS) is 10.2. The minimum absolute atomic E-state index is 0.184. The highest BCUT2D eigenvalue weighted by atomic mass is 16.4. The highest BCUT2D eigenvalue weighted by Gasteiger charge is 2.12. The van der Waals surface area contributed by atoms with Crippen LogP contribution in [-0.2, 0) is 0 Å². The van der Waals surface area contributed by atoms with Gasteiger partial charge in [-0.1, -0.05) is 0 Å². The molecule has 0 saturated carbocycles. The Bertz CT molecular complexity index is 531. The highest BCUT2D eigenvalue weighted by Crippen LogP contribution is 2.21. The van der Waals surface area contributed by atoms with Gasteiger partial charge in [0.2, 0.25) is 5.89 Å². The number of hydrogen-bond donors (Lipinski definition) is 1. The highest BCUT2D eigenvalue weighted by molar-refractivity contribution is 5.88. The third kappa shape index (κ3) is 2.25. The smallest absolute Gasteiger partial charge is 0.306 e. The van der Waals surface area contributed by atoms with Crippen LogP contribution in [0.1, 0.15) is 10.7 Å². The maximum absolute atomic E-state index is 10.8. The average molecular weight is 232 g/mol. The van der Waals surface area contributed by atoms with E-state index in [1.165, 1.54) is 0 Å². The standard InChI is InChI=1S/C11H12N4O2/c1-15(2)8-5-3-7(4-6-8)10-13-14-11(17-10)9(12)16/h3-6H,1-2H3,(H2,12,16). The molecule has 1 amide bonds. The van der Waals surface area contributed by atoms with Crippen molar-refractivity contribution in [3.05, 3.63) is 30.2 Å². The first-order chi connectivity index (χ1) is 8.08. The Morgan fingerprint density at radius 3 is 2.35 bits per heavy atom. The molecule has 6 heteroatoms. The van der Waals surface area contributed by atoms with E-state index in [0.29, 0.717) is 0 Å². The van der Waals surface area contributed by atoms with Crippen molar-refractivity contribution in [2.75, 3.05) is 19.0 Å². The third-order valence-corrected chi connectivity index (χ3v) is 2.27. The van der Waals surface area contributed by atoms with Crippen molar-refractivity contribution in [3.8, 4) is 11.5 Å². The zero-order valence-corrected chi connectivity index (χ0v) is 9.54. The molecule has 1 heterocycles. The van der Waals surface area contributed by atoms with Gasteiger partial charge in [0.1, 0.15) is 0 Å². The number of rotatable bonds is 3. The lowest BCUT2D eigenvalue weighted by Gasteiger charge is -2.11. The number of carbonyl (C=O) groups excluding carboxylic acids is 1. The van der Waals surface area contributed by atoms with Crippen LogP contribution in [0.3, 0.4) is 0 Å². The lowest BCUT2D eigenvalue weighted by atomic mass is 10.2. The van der Waals surface area contributed by atoms with Crippen molar-refractivity contribution >= 4 is 11.6 Å². The first-order valence-electron chi connectivity index (χ1n) is 4.99. The number of nitrogens with zero attached hydrogens (tertiary/aromatic N) is 3. The van der Waals surface area contributed by atoms with E-state index in [-0.39, 0.29) is 11.8 Å². The van der Waals surface area contributed by atoms with Gasteiger partial charge in [-0.3, -0.25) is 4.79 Å². The summed E-state index contributed by atoms with van der Waals surface area (Å²) < 4.78 is 5.12. The summed E-state index contributed by atoms with van der Waals surface area (Å²) in [5, 5.41) is 7.30. The minimum Gasteiger partial charge on any atom is -0.412 e. The molecule has 0 aliphatic rings. The van der Waals surface area contributed by atoms with Gasteiger partial charge in [-0.05, 0) is 24.3 Å². The summed E-state index contributed by atoms with van der Waals surface area (Å²) >= 11 is 0. The van der Waals surface area contributed by atoms with Gasteiger partial charge >= 0.3 is 11.8 Å². The topological polar surface area (TPSA) is 85.3 Å². The predicted octanol–water partition coefficient (Wildman–Crippen LogP) is 0.902. The molecular formula is C11H12N4O2. The number of primary amides is 1. The van der Waals surface area contributed by atoms with Gasteiger partial charge < -0.3 is 15.1 Å². The van der Waals surface area contributed by atoms with E-state index >= 15 is 0 Å². The maximum Gasteiger partial charge on any atom is 0.306 e. The second-order valence-electron chi connectivity index (χ2n) is 3.72. The van der Waals surface area contributed by atoms with Crippen molar-refractivity contribution in [1.29, 1.82) is 0 Å². The number of anilines is 1. The van der Waals surface area contributed by atoms with E-state index in [2.05, 4.69) is 10.2 Å². The zero-order valence-electron chi connectivity index (χ0n) is 9.54.